The van der Waals surface area contributed by atoms with Gasteiger partial charge in [-0.25, -0.2) is 5.84 Å². The molecule has 2 aromatic rings. The van der Waals surface area contributed by atoms with Gasteiger partial charge < -0.3 is 9.15 Å². The molecule has 2 rings (SSSR count). The monoisotopic (exact) mass is 288 g/mol. The molecule has 0 fully saturated rings. The van der Waals surface area contributed by atoms with Crippen LogP contribution in [0.4, 0.5) is 0 Å². The van der Waals surface area contributed by atoms with Crippen LogP contribution in [0.5, 0.6) is 5.75 Å². The summed E-state index contributed by atoms with van der Waals surface area (Å²) in [4.78, 5) is 11.3. The maximum absolute atomic E-state index is 11.3. The fourth-order valence-corrected chi connectivity index (χ4v) is 1.87. The second kappa shape index (κ2) is 6.01. The van der Waals surface area contributed by atoms with Crippen LogP contribution in [-0.2, 0) is 12.0 Å². The van der Waals surface area contributed by atoms with E-state index in [1.54, 1.807) is 6.07 Å². The number of benzene rings is 1. The van der Waals surface area contributed by atoms with Crippen LogP contribution in [-0.4, -0.2) is 5.91 Å². The van der Waals surface area contributed by atoms with Crippen LogP contribution in [0, 0.1) is 0 Å². The van der Waals surface area contributed by atoms with Gasteiger partial charge in [0.1, 0.15) is 24.4 Å². The number of nitrogens with one attached hydrogen (secondary N) is 1. The number of carbonyl (C=O) groups is 1. The lowest BCUT2D eigenvalue weighted by atomic mass is 9.87. The minimum atomic E-state index is -0.389. The van der Waals surface area contributed by atoms with Crippen LogP contribution >= 0.6 is 0 Å². The number of carbonyl (C=O) groups excluding carboxylic acids is 1. The van der Waals surface area contributed by atoms with E-state index in [4.69, 9.17) is 15.0 Å². The third kappa shape index (κ3) is 3.86. The van der Waals surface area contributed by atoms with Crippen LogP contribution in [0.25, 0.3) is 0 Å². The zero-order valence-electron chi connectivity index (χ0n) is 12.5. The van der Waals surface area contributed by atoms with Crippen molar-refractivity contribution in [3.05, 3.63) is 53.5 Å². The van der Waals surface area contributed by atoms with Gasteiger partial charge in [0.15, 0.2) is 0 Å². The Balaban J connectivity index is 2.03. The predicted octanol–water partition coefficient (Wildman–Crippen LogP) is 2.76. The van der Waals surface area contributed by atoms with Gasteiger partial charge in [0, 0.05) is 0 Å². The number of hydrogen-bond donors (Lipinski definition) is 2. The third-order valence-corrected chi connectivity index (χ3v) is 3.13. The number of rotatable bonds is 4. The van der Waals surface area contributed by atoms with Gasteiger partial charge >= 0.3 is 0 Å². The maximum Gasteiger partial charge on any atom is 0.268 e. The number of nitrogens with two attached hydrogens (primary N) is 1. The van der Waals surface area contributed by atoms with Crippen LogP contribution < -0.4 is 16.0 Å². The molecule has 0 bridgehead atoms. The first-order valence-electron chi connectivity index (χ1n) is 6.72. The second-order valence-corrected chi connectivity index (χ2v) is 5.84. The van der Waals surface area contributed by atoms with Gasteiger partial charge in [-0.2, -0.15) is 0 Å². The Hall–Kier alpha value is -2.27. The number of amides is 1. The molecule has 0 saturated carbocycles. The number of hydrazine groups is 1. The van der Waals surface area contributed by atoms with E-state index >= 15 is 0 Å². The smallest absolute Gasteiger partial charge is 0.268 e. The lowest BCUT2D eigenvalue weighted by molar-refractivity contribution is 0.0953. The normalized spacial score (nSPS) is 11.2. The van der Waals surface area contributed by atoms with E-state index in [2.05, 4.69) is 32.3 Å². The van der Waals surface area contributed by atoms with E-state index in [-0.39, 0.29) is 17.9 Å². The van der Waals surface area contributed by atoms with Crippen molar-refractivity contribution in [3.63, 3.8) is 0 Å². The summed E-state index contributed by atoms with van der Waals surface area (Å²) in [5.74, 6) is 6.01. The van der Waals surface area contributed by atoms with Crippen LogP contribution in [0.1, 0.15) is 42.5 Å². The summed E-state index contributed by atoms with van der Waals surface area (Å²) in [6.07, 6.45) is 1.35. The molecule has 3 N–H and O–H groups in total. The van der Waals surface area contributed by atoms with Crippen molar-refractivity contribution in [1.29, 1.82) is 0 Å². The van der Waals surface area contributed by atoms with E-state index in [1.807, 2.05) is 18.2 Å². The third-order valence-electron chi connectivity index (χ3n) is 3.13. The molecule has 5 nitrogen and oxygen atoms in total. The molecule has 21 heavy (non-hydrogen) atoms. The second-order valence-electron chi connectivity index (χ2n) is 5.84. The highest BCUT2D eigenvalue weighted by Crippen LogP contribution is 2.26. The molecule has 0 unspecified atom stereocenters. The molecule has 0 aliphatic carbocycles. The topological polar surface area (TPSA) is 77.5 Å². The van der Waals surface area contributed by atoms with Gasteiger partial charge in [-0.1, -0.05) is 32.9 Å². The molecule has 0 aliphatic rings. The molecule has 1 aromatic heterocycles. The molecule has 1 amide bonds. The van der Waals surface area contributed by atoms with Gasteiger partial charge in [-0.15, -0.1) is 0 Å². The Morgan fingerprint density at radius 3 is 2.76 bits per heavy atom. The fourth-order valence-electron chi connectivity index (χ4n) is 1.87. The van der Waals surface area contributed by atoms with Crippen LogP contribution in [0.3, 0.4) is 0 Å². The number of furan rings is 1. The van der Waals surface area contributed by atoms with Crippen molar-refractivity contribution < 1.29 is 13.9 Å². The average Bonchev–Trinajstić information content (AvgIpc) is 2.92. The molecule has 0 spiro atoms. The van der Waals surface area contributed by atoms with Crippen molar-refractivity contribution in [2.45, 2.75) is 32.8 Å². The van der Waals surface area contributed by atoms with E-state index < -0.39 is 0 Å². The number of ether oxygens (including phenoxy) is 1. The maximum atomic E-state index is 11.3. The van der Waals surface area contributed by atoms with Crippen LogP contribution in [0.15, 0.2) is 41.0 Å². The van der Waals surface area contributed by atoms with Gasteiger partial charge in [-0.3, -0.25) is 10.2 Å². The van der Waals surface area contributed by atoms with Crippen molar-refractivity contribution in [2.75, 3.05) is 0 Å². The quantitative estimate of drug-likeness (QED) is 0.515. The highest BCUT2D eigenvalue weighted by molar-refractivity contribution is 5.93. The highest BCUT2D eigenvalue weighted by atomic mass is 16.5. The SMILES string of the molecule is CC(C)(C)c1cccc(OCc2cc(C(=O)NN)co2)c1. The Bertz CT molecular complexity index is 626. The summed E-state index contributed by atoms with van der Waals surface area (Å²) >= 11 is 0. The fraction of sp³-hybridized carbons (Fsp3) is 0.312. The molecule has 5 heteroatoms. The Morgan fingerprint density at radius 1 is 1.33 bits per heavy atom. The summed E-state index contributed by atoms with van der Waals surface area (Å²) in [6.45, 7) is 6.70. The Labute approximate surface area is 124 Å². The van der Waals surface area contributed by atoms with Gasteiger partial charge in [-0.05, 0) is 29.2 Å². The number of hydrogen-bond acceptors (Lipinski definition) is 4. The van der Waals surface area contributed by atoms with E-state index in [0.717, 1.165) is 5.75 Å². The van der Waals surface area contributed by atoms with Crippen molar-refractivity contribution in [3.8, 4) is 5.75 Å². The summed E-state index contributed by atoms with van der Waals surface area (Å²) < 4.78 is 11.0. The van der Waals surface area contributed by atoms with Gasteiger partial charge in [0.25, 0.3) is 5.91 Å². The molecule has 0 aliphatic heterocycles. The first kappa shape index (κ1) is 15.1. The molecule has 0 radical (unpaired) electrons. The molecule has 1 heterocycles. The minimum absolute atomic E-state index is 0.0659. The molecule has 112 valence electrons. The van der Waals surface area contributed by atoms with E-state index in [0.29, 0.717) is 11.3 Å². The summed E-state index contributed by atoms with van der Waals surface area (Å²) in [6, 6.07) is 9.55. The molecule has 0 saturated heterocycles. The largest absolute Gasteiger partial charge is 0.486 e. The summed E-state index contributed by atoms with van der Waals surface area (Å²) in [7, 11) is 0. The molecular weight excluding hydrogens is 268 g/mol. The average molecular weight is 288 g/mol. The number of nitrogen functional groups attached to an aromatic ring is 1. The minimum Gasteiger partial charge on any atom is -0.486 e. The van der Waals surface area contributed by atoms with Gasteiger partial charge in [0.05, 0.1) is 5.56 Å². The molecule has 0 atom stereocenters. The molecule has 1 aromatic carbocycles. The van der Waals surface area contributed by atoms with E-state index in [9.17, 15) is 4.79 Å². The lowest BCUT2D eigenvalue weighted by Crippen LogP contribution is -2.29. The summed E-state index contributed by atoms with van der Waals surface area (Å²) in [5.41, 5.74) is 3.69. The molecular formula is C16H20N2O3. The van der Waals surface area contributed by atoms with Crippen molar-refractivity contribution in [2.24, 2.45) is 5.84 Å². The van der Waals surface area contributed by atoms with Crippen LogP contribution in [0.2, 0.25) is 0 Å². The summed E-state index contributed by atoms with van der Waals surface area (Å²) in [5, 5.41) is 0. The Kier molecular flexibility index (Phi) is 4.33. The van der Waals surface area contributed by atoms with E-state index in [1.165, 1.54) is 11.8 Å². The van der Waals surface area contributed by atoms with Crippen molar-refractivity contribution in [1.82, 2.24) is 5.43 Å². The Morgan fingerprint density at radius 2 is 2.10 bits per heavy atom. The standard InChI is InChI=1S/C16H20N2O3/c1-16(2,3)12-5-4-6-13(8-12)21-10-14-7-11(9-20-14)15(19)18-17/h4-9H,10,17H2,1-3H3,(H,18,19). The zero-order valence-corrected chi connectivity index (χ0v) is 12.5. The highest BCUT2D eigenvalue weighted by Gasteiger charge is 2.14. The predicted molar refractivity (Wildman–Crippen MR) is 79.8 cm³/mol. The lowest BCUT2D eigenvalue weighted by Gasteiger charge is -2.19. The first-order chi connectivity index (χ1) is 9.90. The zero-order chi connectivity index (χ0) is 15.5. The van der Waals surface area contributed by atoms with Gasteiger partial charge in [0.2, 0.25) is 0 Å². The van der Waals surface area contributed by atoms with Crippen molar-refractivity contribution >= 4 is 5.91 Å². The first-order valence-corrected chi connectivity index (χ1v) is 6.72.